The molecule has 0 bridgehead atoms. The highest BCUT2D eigenvalue weighted by atomic mass is 32.2. The van der Waals surface area contributed by atoms with Crippen LogP contribution in [0, 0.1) is 22.7 Å². The molecule has 0 saturated carbocycles. The van der Waals surface area contributed by atoms with E-state index >= 15 is 0 Å². The van der Waals surface area contributed by atoms with Crippen LogP contribution in [0.4, 0.5) is 0 Å². The quantitative estimate of drug-likeness (QED) is 0.288. The molecular formula is C28H30N4O6S2. The maximum absolute atomic E-state index is 12.8. The Labute approximate surface area is 235 Å². The van der Waals surface area contributed by atoms with E-state index in [0.717, 1.165) is 0 Å². The number of hydrogen-bond donors (Lipinski definition) is 0. The van der Waals surface area contributed by atoms with E-state index in [1.807, 2.05) is 12.1 Å². The van der Waals surface area contributed by atoms with E-state index in [4.69, 9.17) is 9.47 Å². The molecule has 0 heterocycles. The third kappa shape index (κ3) is 6.43. The molecule has 0 aliphatic rings. The predicted octanol–water partition coefficient (Wildman–Crippen LogP) is 5.08. The number of rotatable bonds is 12. The van der Waals surface area contributed by atoms with Crippen molar-refractivity contribution in [2.24, 2.45) is 0 Å². The first kappa shape index (κ1) is 30.6. The van der Waals surface area contributed by atoms with Gasteiger partial charge in [0.05, 0.1) is 20.9 Å². The van der Waals surface area contributed by atoms with Gasteiger partial charge in [0.2, 0.25) is 20.0 Å². The normalized spacial score (nSPS) is 11.7. The van der Waals surface area contributed by atoms with Crippen molar-refractivity contribution in [2.45, 2.75) is 37.5 Å². The lowest BCUT2D eigenvalue weighted by Gasteiger charge is -2.19. The second-order valence-electron chi connectivity index (χ2n) is 8.39. The molecule has 40 heavy (non-hydrogen) atoms. The van der Waals surface area contributed by atoms with Crippen molar-refractivity contribution >= 4 is 20.0 Å². The van der Waals surface area contributed by atoms with E-state index in [2.05, 4.69) is 0 Å². The van der Waals surface area contributed by atoms with Crippen molar-refractivity contribution < 1.29 is 26.3 Å². The number of hydrogen-bond acceptors (Lipinski definition) is 8. The van der Waals surface area contributed by atoms with Gasteiger partial charge < -0.3 is 9.47 Å². The van der Waals surface area contributed by atoms with E-state index in [1.54, 1.807) is 27.7 Å². The van der Waals surface area contributed by atoms with Crippen LogP contribution in [0.2, 0.25) is 0 Å². The molecule has 0 N–H and O–H groups in total. The number of benzene rings is 3. The fourth-order valence-electron chi connectivity index (χ4n) is 3.94. The molecule has 0 aliphatic heterocycles. The van der Waals surface area contributed by atoms with Gasteiger partial charge in [-0.3, -0.25) is 0 Å². The van der Waals surface area contributed by atoms with Crippen LogP contribution in [0.5, 0.6) is 23.0 Å². The maximum Gasteiger partial charge on any atom is 0.243 e. The Hall–Kier alpha value is -3.94. The minimum atomic E-state index is -3.65. The largest absolute Gasteiger partial charge is 0.453 e. The second kappa shape index (κ2) is 12.9. The third-order valence-corrected chi connectivity index (χ3v) is 10.2. The summed E-state index contributed by atoms with van der Waals surface area (Å²) in [6, 6.07) is 18.2. The van der Waals surface area contributed by atoms with E-state index < -0.39 is 20.0 Å². The summed E-state index contributed by atoms with van der Waals surface area (Å²) in [5.41, 5.74) is 0.123. The lowest BCUT2D eigenvalue weighted by molar-refractivity contribution is 0.417. The van der Waals surface area contributed by atoms with Crippen LogP contribution < -0.4 is 9.47 Å². The molecule has 0 saturated heterocycles. The molecule has 10 nitrogen and oxygen atoms in total. The Morgan fingerprint density at radius 1 is 0.600 bits per heavy atom. The van der Waals surface area contributed by atoms with Gasteiger partial charge >= 0.3 is 0 Å². The van der Waals surface area contributed by atoms with E-state index in [1.165, 1.54) is 69.3 Å². The van der Waals surface area contributed by atoms with Crippen molar-refractivity contribution in [3.63, 3.8) is 0 Å². The molecule has 0 spiro atoms. The molecule has 0 radical (unpaired) electrons. The summed E-state index contributed by atoms with van der Waals surface area (Å²) < 4.78 is 65.7. The minimum Gasteiger partial charge on any atom is -0.453 e. The summed E-state index contributed by atoms with van der Waals surface area (Å²) >= 11 is 0. The molecule has 210 valence electrons. The number of ether oxygens (including phenoxy) is 2. The van der Waals surface area contributed by atoms with E-state index in [9.17, 15) is 27.4 Å². The van der Waals surface area contributed by atoms with Crippen LogP contribution in [0.25, 0.3) is 0 Å². The molecular weight excluding hydrogens is 552 g/mol. The van der Waals surface area contributed by atoms with Crippen LogP contribution in [0.15, 0.2) is 70.5 Å². The van der Waals surface area contributed by atoms with Gasteiger partial charge in [-0.25, -0.2) is 16.8 Å². The van der Waals surface area contributed by atoms with Crippen LogP contribution >= 0.6 is 0 Å². The molecule has 0 atom stereocenters. The SMILES string of the molecule is CCN(CC)S(=O)(=O)c1ccc(Oc2cc(C#N)c(C#N)cc2Oc2ccc(S(=O)(=O)N(CC)CC)cc2)cc1. The highest BCUT2D eigenvalue weighted by molar-refractivity contribution is 7.89. The van der Waals surface area contributed by atoms with Gasteiger partial charge in [-0.05, 0) is 48.5 Å². The number of nitrogens with zero attached hydrogens (tertiary/aromatic N) is 4. The van der Waals surface area contributed by atoms with Crippen molar-refractivity contribution in [1.29, 1.82) is 10.5 Å². The zero-order valence-electron chi connectivity index (χ0n) is 22.7. The second-order valence-corrected chi connectivity index (χ2v) is 12.3. The summed E-state index contributed by atoms with van der Waals surface area (Å²) in [6.45, 7) is 8.38. The summed E-state index contributed by atoms with van der Waals surface area (Å²) in [5.74, 6) is 0.764. The van der Waals surface area contributed by atoms with Gasteiger partial charge in [0.15, 0.2) is 11.5 Å². The lowest BCUT2D eigenvalue weighted by atomic mass is 10.1. The number of nitriles is 2. The summed E-state index contributed by atoms with van der Waals surface area (Å²) in [7, 11) is -7.31. The molecule has 12 heteroatoms. The fraction of sp³-hybridized carbons (Fsp3) is 0.286. The molecule has 0 aromatic heterocycles. The summed E-state index contributed by atoms with van der Waals surface area (Å²) in [5, 5.41) is 19.0. The van der Waals surface area contributed by atoms with Crippen LogP contribution in [-0.2, 0) is 20.0 Å². The Balaban J connectivity index is 1.95. The highest BCUT2D eigenvalue weighted by Crippen LogP contribution is 2.38. The smallest absolute Gasteiger partial charge is 0.243 e. The van der Waals surface area contributed by atoms with Crippen LogP contribution in [-0.4, -0.2) is 51.6 Å². The Bertz CT molecular complexity index is 1510. The molecule has 3 aromatic rings. The first-order chi connectivity index (χ1) is 19.0. The van der Waals surface area contributed by atoms with Gasteiger partial charge in [0, 0.05) is 38.3 Å². The average Bonchev–Trinajstić information content (AvgIpc) is 2.95. The van der Waals surface area contributed by atoms with Crippen molar-refractivity contribution in [3.05, 3.63) is 71.8 Å². The van der Waals surface area contributed by atoms with Gasteiger partial charge in [-0.15, -0.1) is 0 Å². The number of sulfonamides is 2. The molecule has 3 aromatic carbocycles. The van der Waals surface area contributed by atoms with Crippen molar-refractivity contribution in [3.8, 4) is 35.1 Å². The van der Waals surface area contributed by atoms with Gasteiger partial charge in [-0.1, -0.05) is 27.7 Å². The van der Waals surface area contributed by atoms with Crippen LogP contribution in [0.3, 0.4) is 0 Å². The zero-order chi connectivity index (χ0) is 29.5. The summed E-state index contributed by atoms with van der Waals surface area (Å²) in [4.78, 5) is 0.217. The molecule has 0 unspecified atom stereocenters. The van der Waals surface area contributed by atoms with Gasteiger partial charge in [0.25, 0.3) is 0 Å². The third-order valence-electron chi connectivity index (χ3n) is 6.11. The Morgan fingerprint density at radius 2 is 0.900 bits per heavy atom. The zero-order valence-corrected chi connectivity index (χ0v) is 24.3. The molecule has 3 rings (SSSR count). The summed E-state index contributed by atoms with van der Waals surface area (Å²) in [6.07, 6.45) is 0. The van der Waals surface area contributed by atoms with Crippen molar-refractivity contribution in [2.75, 3.05) is 26.2 Å². The topological polar surface area (TPSA) is 141 Å². The fourth-order valence-corrected chi connectivity index (χ4v) is 6.86. The monoisotopic (exact) mass is 582 g/mol. The average molecular weight is 583 g/mol. The molecule has 0 fully saturated rings. The highest BCUT2D eigenvalue weighted by Gasteiger charge is 2.23. The van der Waals surface area contributed by atoms with E-state index in [-0.39, 0.29) is 43.9 Å². The van der Waals surface area contributed by atoms with Gasteiger partial charge in [0.1, 0.15) is 23.6 Å². The maximum atomic E-state index is 12.8. The first-order valence-corrected chi connectivity index (χ1v) is 15.5. The van der Waals surface area contributed by atoms with Crippen molar-refractivity contribution in [1.82, 2.24) is 8.61 Å². The molecule has 0 amide bonds. The lowest BCUT2D eigenvalue weighted by Crippen LogP contribution is -2.30. The van der Waals surface area contributed by atoms with Gasteiger partial charge in [-0.2, -0.15) is 19.1 Å². The Morgan fingerprint density at radius 3 is 1.15 bits per heavy atom. The predicted molar refractivity (Wildman–Crippen MR) is 149 cm³/mol. The molecule has 0 aliphatic carbocycles. The van der Waals surface area contributed by atoms with E-state index in [0.29, 0.717) is 26.2 Å². The minimum absolute atomic E-state index is 0.0613. The first-order valence-electron chi connectivity index (χ1n) is 12.6. The Kier molecular flexibility index (Phi) is 9.90. The standard InChI is InChI=1S/C28H30N4O6S2/c1-5-31(6-2)39(33,34)25-13-9-23(10-14-25)37-27-17-21(19-29)22(20-30)18-28(27)38-24-11-15-26(16-12-24)40(35,36)32(7-3)8-4/h9-18H,5-8H2,1-4H3. The van der Waals surface area contributed by atoms with Crippen LogP contribution in [0.1, 0.15) is 38.8 Å².